The summed E-state index contributed by atoms with van der Waals surface area (Å²) in [4.78, 5) is 4.45. The van der Waals surface area contributed by atoms with Gasteiger partial charge >= 0.3 is 0 Å². The van der Waals surface area contributed by atoms with Crippen LogP contribution in [0.2, 0.25) is 0 Å². The van der Waals surface area contributed by atoms with Gasteiger partial charge in [-0.1, -0.05) is 26.0 Å². The van der Waals surface area contributed by atoms with Crippen LogP contribution in [0.1, 0.15) is 25.8 Å². The van der Waals surface area contributed by atoms with Crippen LogP contribution in [0, 0.1) is 5.92 Å². The lowest BCUT2D eigenvalue weighted by Crippen LogP contribution is -1.85. The van der Waals surface area contributed by atoms with E-state index in [0.717, 1.165) is 28.6 Å². The van der Waals surface area contributed by atoms with E-state index in [-0.39, 0.29) is 0 Å². The average Bonchev–Trinajstić information content (AvgIpc) is 2.37. The number of ether oxygens (including phenoxy) is 1. The second kappa shape index (κ2) is 5.67. The van der Waals surface area contributed by atoms with Gasteiger partial charge in [0.15, 0.2) is 0 Å². The number of pyridine rings is 1. The molecule has 0 atom stereocenters. The molecule has 2 nitrogen and oxygen atoms in total. The van der Waals surface area contributed by atoms with Crippen molar-refractivity contribution in [3.05, 3.63) is 42.1 Å². The molecule has 0 saturated heterocycles. The summed E-state index contributed by atoms with van der Waals surface area (Å²) >= 11 is 0. The van der Waals surface area contributed by atoms with Crippen molar-refractivity contribution in [2.75, 3.05) is 7.11 Å². The summed E-state index contributed by atoms with van der Waals surface area (Å²) in [6.07, 6.45) is 7.33. The van der Waals surface area contributed by atoms with Gasteiger partial charge < -0.3 is 4.74 Å². The maximum atomic E-state index is 5.23. The van der Waals surface area contributed by atoms with E-state index < -0.39 is 0 Å². The van der Waals surface area contributed by atoms with Crippen LogP contribution < -0.4 is 4.74 Å². The lowest BCUT2D eigenvalue weighted by Gasteiger charge is -2.03. The van der Waals surface area contributed by atoms with Gasteiger partial charge in [-0.25, -0.2) is 0 Å². The van der Waals surface area contributed by atoms with Gasteiger partial charge in [0, 0.05) is 11.6 Å². The second-order valence-electron chi connectivity index (χ2n) is 4.86. The third-order valence-electron chi connectivity index (χ3n) is 2.83. The highest BCUT2D eigenvalue weighted by Crippen LogP contribution is 2.20. The molecule has 1 aromatic heterocycles. The fraction of sp³-hybridized carbons (Fsp3) is 0.312. The van der Waals surface area contributed by atoms with E-state index in [4.69, 9.17) is 4.74 Å². The summed E-state index contributed by atoms with van der Waals surface area (Å²) in [5.41, 5.74) is 2.13. The number of benzene rings is 1. The predicted octanol–water partition coefficient (Wildman–Crippen LogP) is 4.30. The molecule has 2 aromatic rings. The highest BCUT2D eigenvalue weighted by molar-refractivity contribution is 5.82. The van der Waals surface area contributed by atoms with Crippen LogP contribution in [0.3, 0.4) is 0 Å². The third-order valence-corrected chi connectivity index (χ3v) is 2.83. The minimum atomic E-state index is 0.690. The molecule has 0 aliphatic carbocycles. The first-order valence-corrected chi connectivity index (χ1v) is 6.29. The minimum absolute atomic E-state index is 0.690. The van der Waals surface area contributed by atoms with Crippen LogP contribution >= 0.6 is 0 Å². The van der Waals surface area contributed by atoms with Crippen LogP contribution in [0.5, 0.6) is 5.75 Å². The number of hydrogen-bond acceptors (Lipinski definition) is 2. The molecule has 0 fully saturated rings. The Bertz CT molecular complexity index is 558. The molecule has 0 aliphatic heterocycles. The Morgan fingerprint density at radius 1 is 1.28 bits per heavy atom. The molecular weight excluding hydrogens is 222 g/mol. The molecule has 0 bridgehead atoms. The largest absolute Gasteiger partial charge is 0.497 e. The Hall–Kier alpha value is -1.83. The Labute approximate surface area is 108 Å². The summed E-state index contributed by atoms with van der Waals surface area (Å²) in [5, 5.41) is 1.11. The first-order chi connectivity index (χ1) is 8.69. The van der Waals surface area contributed by atoms with E-state index >= 15 is 0 Å². The van der Waals surface area contributed by atoms with Crippen molar-refractivity contribution in [3.8, 4) is 5.75 Å². The number of rotatable bonds is 4. The molecule has 0 amide bonds. The van der Waals surface area contributed by atoms with Gasteiger partial charge in [-0.3, -0.25) is 4.98 Å². The van der Waals surface area contributed by atoms with Gasteiger partial charge in [-0.05, 0) is 42.2 Å². The fourth-order valence-corrected chi connectivity index (χ4v) is 1.82. The molecule has 0 aliphatic rings. The van der Waals surface area contributed by atoms with E-state index in [9.17, 15) is 0 Å². The van der Waals surface area contributed by atoms with Crippen LogP contribution in [-0.4, -0.2) is 12.1 Å². The van der Waals surface area contributed by atoms with Gasteiger partial charge in [0.05, 0.1) is 12.6 Å². The second-order valence-corrected chi connectivity index (χ2v) is 4.86. The molecular formula is C16H19NO. The SMILES string of the molecule is COc1ccc2ncc(/C=C/CC(C)C)cc2c1. The maximum Gasteiger partial charge on any atom is 0.119 e. The van der Waals surface area contributed by atoms with Crippen molar-refractivity contribution in [1.82, 2.24) is 4.98 Å². The molecule has 2 heteroatoms. The molecule has 0 radical (unpaired) electrons. The zero-order valence-corrected chi connectivity index (χ0v) is 11.2. The van der Waals surface area contributed by atoms with E-state index in [2.05, 4.69) is 37.0 Å². The normalized spacial score (nSPS) is 11.6. The van der Waals surface area contributed by atoms with Crippen molar-refractivity contribution >= 4 is 17.0 Å². The first-order valence-electron chi connectivity index (χ1n) is 6.29. The molecule has 1 aromatic carbocycles. The Morgan fingerprint density at radius 2 is 2.11 bits per heavy atom. The van der Waals surface area contributed by atoms with Gasteiger partial charge in [-0.15, -0.1) is 0 Å². The highest BCUT2D eigenvalue weighted by atomic mass is 16.5. The third kappa shape index (κ3) is 3.10. The van der Waals surface area contributed by atoms with Crippen molar-refractivity contribution in [1.29, 1.82) is 0 Å². The van der Waals surface area contributed by atoms with E-state index in [0.29, 0.717) is 5.92 Å². The maximum absolute atomic E-state index is 5.23. The summed E-state index contributed by atoms with van der Waals surface area (Å²) in [5.74, 6) is 1.56. The standard InChI is InChI=1S/C16H19NO/c1-12(2)5-4-6-13-9-14-10-15(18-3)7-8-16(14)17-11-13/h4,6-12H,5H2,1-3H3/b6-4+. The average molecular weight is 241 g/mol. The van der Waals surface area contributed by atoms with Crippen LogP contribution in [0.4, 0.5) is 0 Å². The molecule has 0 unspecified atom stereocenters. The molecule has 0 saturated carbocycles. The fourth-order valence-electron chi connectivity index (χ4n) is 1.82. The Morgan fingerprint density at radius 3 is 2.83 bits per heavy atom. The molecule has 18 heavy (non-hydrogen) atoms. The molecule has 0 spiro atoms. The molecule has 0 N–H and O–H groups in total. The van der Waals surface area contributed by atoms with Crippen molar-refractivity contribution in [2.45, 2.75) is 20.3 Å². The molecule has 2 rings (SSSR count). The van der Waals surface area contributed by atoms with Crippen LogP contribution in [-0.2, 0) is 0 Å². The number of fused-ring (bicyclic) bond motifs is 1. The molecule has 94 valence electrons. The smallest absolute Gasteiger partial charge is 0.119 e. The van der Waals surface area contributed by atoms with Crippen LogP contribution in [0.15, 0.2) is 36.5 Å². The monoisotopic (exact) mass is 241 g/mol. The van der Waals surface area contributed by atoms with E-state index in [1.807, 2.05) is 24.4 Å². The topological polar surface area (TPSA) is 22.1 Å². The van der Waals surface area contributed by atoms with Gasteiger partial charge in [0.25, 0.3) is 0 Å². The van der Waals surface area contributed by atoms with Crippen molar-refractivity contribution in [2.24, 2.45) is 5.92 Å². The molecule has 1 heterocycles. The van der Waals surface area contributed by atoms with E-state index in [1.54, 1.807) is 7.11 Å². The predicted molar refractivity (Wildman–Crippen MR) is 76.8 cm³/mol. The van der Waals surface area contributed by atoms with Gasteiger partial charge in [0.1, 0.15) is 5.75 Å². The zero-order chi connectivity index (χ0) is 13.0. The summed E-state index contributed by atoms with van der Waals surface area (Å²) < 4.78 is 5.23. The Kier molecular flexibility index (Phi) is 3.98. The van der Waals surface area contributed by atoms with E-state index in [1.165, 1.54) is 0 Å². The summed E-state index contributed by atoms with van der Waals surface area (Å²) in [6.45, 7) is 4.43. The zero-order valence-electron chi connectivity index (χ0n) is 11.2. The Balaban J connectivity index is 2.28. The van der Waals surface area contributed by atoms with Crippen molar-refractivity contribution < 1.29 is 4.74 Å². The number of nitrogens with zero attached hydrogens (tertiary/aromatic N) is 1. The lowest BCUT2D eigenvalue weighted by atomic mass is 10.1. The summed E-state index contributed by atoms with van der Waals surface area (Å²) in [7, 11) is 1.68. The lowest BCUT2D eigenvalue weighted by molar-refractivity contribution is 0.415. The highest BCUT2D eigenvalue weighted by Gasteiger charge is 1.98. The van der Waals surface area contributed by atoms with Crippen LogP contribution in [0.25, 0.3) is 17.0 Å². The van der Waals surface area contributed by atoms with Gasteiger partial charge in [-0.2, -0.15) is 0 Å². The number of allylic oxidation sites excluding steroid dienone is 1. The first kappa shape index (κ1) is 12.6. The number of methoxy groups -OCH3 is 1. The number of aromatic nitrogens is 1. The quantitative estimate of drug-likeness (QED) is 0.796. The van der Waals surface area contributed by atoms with Crippen molar-refractivity contribution in [3.63, 3.8) is 0 Å². The minimum Gasteiger partial charge on any atom is -0.497 e. The van der Waals surface area contributed by atoms with Gasteiger partial charge in [0.2, 0.25) is 0 Å². The number of hydrogen-bond donors (Lipinski definition) is 0. The summed E-state index contributed by atoms with van der Waals surface area (Å²) in [6, 6.07) is 8.07.